The van der Waals surface area contributed by atoms with Gasteiger partial charge in [0, 0.05) is 36.4 Å². The normalized spacial score (nSPS) is 19.5. The number of hydrogen-bond acceptors (Lipinski definition) is 5. The number of carbonyl (C=O) groups excluding carboxylic acids is 3. The van der Waals surface area contributed by atoms with Crippen LogP contribution in [0.1, 0.15) is 51.5 Å². The smallest absolute Gasteiger partial charge is 0.331 e. The van der Waals surface area contributed by atoms with E-state index in [0.717, 1.165) is 50.9 Å². The average molecular weight is 399 g/mol. The molecule has 2 aliphatic rings. The number of benzene rings is 1. The number of ether oxygens (including phenoxy) is 1. The van der Waals surface area contributed by atoms with Gasteiger partial charge in [-0.3, -0.25) is 19.8 Å². The zero-order chi connectivity index (χ0) is 21.0. The Labute approximate surface area is 171 Å². The molecule has 0 aromatic heterocycles. The minimum absolute atomic E-state index is 0.0379. The van der Waals surface area contributed by atoms with Crippen molar-refractivity contribution in [2.45, 2.75) is 52.0 Å². The van der Waals surface area contributed by atoms with Gasteiger partial charge in [0.15, 0.2) is 0 Å². The molecular formula is C22H29N3O4. The molecule has 0 radical (unpaired) electrons. The van der Waals surface area contributed by atoms with E-state index in [-0.39, 0.29) is 11.6 Å². The van der Waals surface area contributed by atoms with Crippen LogP contribution in [0.2, 0.25) is 0 Å². The van der Waals surface area contributed by atoms with Gasteiger partial charge in [0.25, 0.3) is 11.8 Å². The molecular weight excluding hydrogens is 370 g/mol. The van der Waals surface area contributed by atoms with E-state index in [2.05, 4.69) is 24.1 Å². The van der Waals surface area contributed by atoms with Crippen LogP contribution in [0.25, 0.3) is 6.08 Å². The molecule has 4 amide bonds. The molecule has 0 spiro atoms. The molecule has 1 saturated carbocycles. The highest BCUT2D eigenvalue weighted by molar-refractivity contribution is 6.31. The van der Waals surface area contributed by atoms with Crippen molar-refractivity contribution in [1.82, 2.24) is 10.2 Å². The Balaban J connectivity index is 1.94. The van der Waals surface area contributed by atoms with Gasteiger partial charge in [-0.15, -0.1) is 0 Å². The maximum atomic E-state index is 13.0. The van der Waals surface area contributed by atoms with Gasteiger partial charge >= 0.3 is 6.03 Å². The van der Waals surface area contributed by atoms with Crippen LogP contribution in [0.4, 0.5) is 10.5 Å². The largest absolute Gasteiger partial charge is 0.496 e. The van der Waals surface area contributed by atoms with E-state index in [9.17, 15) is 14.4 Å². The predicted octanol–water partition coefficient (Wildman–Crippen LogP) is 3.34. The summed E-state index contributed by atoms with van der Waals surface area (Å²) in [5, 5.41) is 2.32. The van der Waals surface area contributed by atoms with Crippen LogP contribution >= 0.6 is 0 Å². The van der Waals surface area contributed by atoms with E-state index in [1.807, 2.05) is 18.2 Å². The fourth-order valence-electron chi connectivity index (χ4n) is 4.10. The van der Waals surface area contributed by atoms with E-state index in [0.29, 0.717) is 11.3 Å². The third kappa shape index (κ3) is 4.28. The van der Waals surface area contributed by atoms with Crippen LogP contribution in [0.5, 0.6) is 5.75 Å². The number of barbiturate groups is 1. The molecule has 1 aliphatic heterocycles. The summed E-state index contributed by atoms with van der Waals surface area (Å²) in [6.45, 7) is 5.88. The molecule has 1 aliphatic carbocycles. The number of methoxy groups -OCH3 is 1. The topological polar surface area (TPSA) is 79.0 Å². The van der Waals surface area contributed by atoms with E-state index < -0.39 is 17.8 Å². The van der Waals surface area contributed by atoms with Crippen molar-refractivity contribution in [2.75, 3.05) is 25.1 Å². The Morgan fingerprint density at radius 2 is 1.83 bits per heavy atom. The molecule has 29 heavy (non-hydrogen) atoms. The van der Waals surface area contributed by atoms with Gasteiger partial charge in [-0.05, 0) is 44.9 Å². The van der Waals surface area contributed by atoms with Crippen molar-refractivity contribution in [3.05, 3.63) is 29.3 Å². The lowest BCUT2D eigenvalue weighted by Crippen LogP contribution is -2.58. The second kappa shape index (κ2) is 9.11. The number of urea groups is 1. The molecule has 1 heterocycles. The Morgan fingerprint density at radius 3 is 2.45 bits per heavy atom. The first kappa shape index (κ1) is 20.9. The zero-order valence-corrected chi connectivity index (χ0v) is 17.4. The van der Waals surface area contributed by atoms with Crippen molar-refractivity contribution in [2.24, 2.45) is 0 Å². The van der Waals surface area contributed by atoms with Gasteiger partial charge in [0.05, 0.1) is 7.11 Å². The van der Waals surface area contributed by atoms with Crippen molar-refractivity contribution in [3.8, 4) is 5.75 Å². The molecule has 1 aromatic carbocycles. The quantitative estimate of drug-likeness (QED) is 0.586. The van der Waals surface area contributed by atoms with Crippen LogP contribution < -0.4 is 15.0 Å². The van der Waals surface area contributed by atoms with Gasteiger partial charge in [-0.25, -0.2) is 4.79 Å². The molecule has 1 saturated heterocycles. The molecule has 0 unspecified atom stereocenters. The van der Waals surface area contributed by atoms with Crippen molar-refractivity contribution >= 4 is 29.6 Å². The van der Waals surface area contributed by atoms with Crippen LogP contribution in [-0.2, 0) is 9.59 Å². The average Bonchev–Trinajstić information content (AvgIpc) is 2.73. The molecule has 1 aromatic rings. The first-order valence-corrected chi connectivity index (χ1v) is 10.3. The number of hydrogen-bond donors (Lipinski definition) is 1. The molecule has 2 fully saturated rings. The predicted molar refractivity (Wildman–Crippen MR) is 112 cm³/mol. The van der Waals surface area contributed by atoms with E-state index in [1.54, 1.807) is 7.11 Å². The van der Waals surface area contributed by atoms with Crippen molar-refractivity contribution in [1.29, 1.82) is 0 Å². The molecule has 0 bridgehead atoms. The van der Waals surface area contributed by atoms with E-state index in [1.165, 1.54) is 11.0 Å². The molecule has 1 N–H and O–H groups in total. The highest BCUT2D eigenvalue weighted by Gasteiger charge is 2.40. The van der Waals surface area contributed by atoms with Crippen molar-refractivity contribution in [3.63, 3.8) is 0 Å². The van der Waals surface area contributed by atoms with Gasteiger partial charge < -0.3 is 9.64 Å². The Morgan fingerprint density at radius 1 is 1.14 bits per heavy atom. The number of amides is 4. The molecule has 7 heteroatoms. The number of anilines is 1. The van der Waals surface area contributed by atoms with Crippen LogP contribution in [-0.4, -0.2) is 49.0 Å². The lowest BCUT2D eigenvalue weighted by Gasteiger charge is -2.35. The number of carbonyl (C=O) groups is 3. The van der Waals surface area contributed by atoms with Gasteiger partial charge in [-0.1, -0.05) is 19.3 Å². The Kier molecular flexibility index (Phi) is 6.56. The van der Waals surface area contributed by atoms with Gasteiger partial charge in [0.2, 0.25) is 0 Å². The van der Waals surface area contributed by atoms with Gasteiger partial charge in [0.1, 0.15) is 11.3 Å². The number of nitrogens with zero attached hydrogens (tertiary/aromatic N) is 2. The zero-order valence-electron chi connectivity index (χ0n) is 17.4. The summed E-state index contributed by atoms with van der Waals surface area (Å²) in [7, 11) is 1.56. The summed E-state index contributed by atoms with van der Waals surface area (Å²) in [4.78, 5) is 41.2. The second-order valence-electron chi connectivity index (χ2n) is 7.38. The first-order chi connectivity index (χ1) is 14.0. The van der Waals surface area contributed by atoms with E-state index in [4.69, 9.17) is 4.74 Å². The minimum atomic E-state index is -0.665. The lowest BCUT2D eigenvalue weighted by molar-refractivity contribution is -0.132. The highest BCUT2D eigenvalue weighted by Crippen LogP contribution is 2.30. The third-order valence-electron chi connectivity index (χ3n) is 5.72. The maximum Gasteiger partial charge on any atom is 0.331 e. The fraction of sp³-hybridized carbons (Fsp3) is 0.500. The maximum absolute atomic E-state index is 13.0. The number of nitrogens with one attached hydrogen (secondary N) is 1. The van der Waals surface area contributed by atoms with Crippen LogP contribution in [0.15, 0.2) is 23.8 Å². The molecule has 0 atom stereocenters. The number of imide groups is 2. The summed E-state index contributed by atoms with van der Waals surface area (Å²) in [5.41, 5.74) is 1.59. The molecule has 156 valence electrons. The standard InChI is InChI=1S/C22H29N3O4/c1-4-24(5-2)17-12-11-15(19(14-17)29-3)13-18-20(26)23-22(28)25(21(18)27)16-9-7-6-8-10-16/h11-14,16H,4-10H2,1-3H3,(H,23,26,28). The van der Waals surface area contributed by atoms with Crippen LogP contribution in [0.3, 0.4) is 0 Å². The Bertz CT molecular complexity index is 823. The second-order valence-corrected chi connectivity index (χ2v) is 7.38. The Hall–Kier alpha value is -2.83. The van der Waals surface area contributed by atoms with Crippen LogP contribution in [0, 0.1) is 0 Å². The summed E-state index contributed by atoms with van der Waals surface area (Å²) < 4.78 is 5.51. The molecule has 3 rings (SSSR count). The highest BCUT2D eigenvalue weighted by atomic mass is 16.5. The number of rotatable bonds is 6. The van der Waals surface area contributed by atoms with E-state index >= 15 is 0 Å². The fourth-order valence-corrected chi connectivity index (χ4v) is 4.10. The lowest BCUT2D eigenvalue weighted by atomic mass is 9.93. The first-order valence-electron chi connectivity index (χ1n) is 10.3. The van der Waals surface area contributed by atoms with Crippen molar-refractivity contribution < 1.29 is 19.1 Å². The summed E-state index contributed by atoms with van der Waals surface area (Å²) >= 11 is 0. The third-order valence-corrected chi connectivity index (χ3v) is 5.72. The van der Waals surface area contributed by atoms with Gasteiger partial charge in [-0.2, -0.15) is 0 Å². The minimum Gasteiger partial charge on any atom is -0.496 e. The monoisotopic (exact) mass is 399 g/mol. The summed E-state index contributed by atoms with van der Waals surface area (Å²) in [6.07, 6.45) is 6.15. The molecule has 7 nitrogen and oxygen atoms in total. The SMILES string of the molecule is CCN(CC)c1ccc(C=C2C(=O)NC(=O)N(C3CCCCC3)C2=O)c(OC)c1. The summed E-state index contributed by atoms with van der Waals surface area (Å²) in [5.74, 6) is -0.619. The summed E-state index contributed by atoms with van der Waals surface area (Å²) in [6, 6.07) is 4.90.